The first-order valence-corrected chi connectivity index (χ1v) is 7.73. The first-order chi connectivity index (χ1) is 10.2. The number of carbonyl (C=O) groups excluding carboxylic acids is 1. The summed E-state index contributed by atoms with van der Waals surface area (Å²) in [6.07, 6.45) is 1.79. The Balaban J connectivity index is 1.88. The lowest BCUT2D eigenvalue weighted by Crippen LogP contribution is -2.40. The number of aryl methyl sites for hydroxylation is 1. The number of hydrogen-bond acceptors (Lipinski definition) is 2. The molecule has 1 saturated heterocycles. The zero-order valence-electron chi connectivity index (χ0n) is 12.5. The van der Waals surface area contributed by atoms with E-state index >= 15 is 0 Å². The molecule has 21 heavy (non-hydrogen) atoms. The number of likely N-dealkylation sites (tertiary alicyclic amines) is 1. The van der Waals surface area contributed by atoms with Crippen molar-refractivity contribution in [2.24, 2.45) is 5.92 Å². The van der Waals surface area contributed by atoms with Gasteiger partial charge in [-0.15, -0.1) is 0 Å². The molecular weight excluding hydrogens is 264 g/mol. The second kappa shape index (κ2) is 5.90. The Kier molecular flexibility index (Phi) is 3.97. The monoisotopic (exact) mass is 286 g/mol. The van der Waals surface area contributed by atoms with E-state index in [1.54, 1.807) is 0 Å². The van der Waals surface area contributed by atoms with Crippen LogP contribution in [0, 0.1) is 5.92 Å². The third kappa shape index (κ3) is 2.56. The molecule has 1 aromatic carbocycles. The van der Waals surface area contributed by atoms with E-state index in [1.165, 1.54) is 0 Å². The number of amides is 1. The quantitative estimate of drug-likeness (QED) is 0.942. The molecule has 4 heteroatoms. The van der Waals surface area contributed by atoms with Crippen LogP contribution in [0.25, 0.3) is 10.9 Å². The molecule has 3 rings (SSSR count). The van der Waals surface area contributed by atoms with Gasteiger partial charge in [0, 0.05) is 37.1 Å². The van der Waals surface area contributed by atoms with Crippen molar-refractivity contribution in [1.29, 1.82) is 0 Å². The van der Waals surface area contributed by atoms with Gasteiger partial charge in [0.25, 0.3) is 5.91 Å². The molecule has 4 nitrogen and oxygen atoms in total. The van der Waals surface area contributed by atoms with Crippen molar-refractivity contribution in [3.63, 3.8) is 0 Å². The fourth-order valence-electron chi connectivity index (χ4n) is 3.21. The van der Waals surface area contributed by atoms with Crippen molar-refractivity contribution in [2.45, 2.75) is 26.3 Å². The van der Waals surface area contributed by atoms with Gasteiger partial charge < -0.3 is 14.6 Å². The molecule has 0 aliphatic carbocycles. The van der Waals surface area contributed by atoms with E-state index in [2.05, 4.69) is 23.6 Å². The van der Waals surface area contributed by atoms with Gasteiger partial charge in [0.2, 0.25) is 0 Å². The summed E-state index contributed by atoms with van der Waals surface area (Å²) < 4.78 is 2.09. The van der Waals surface area contributed by atoms with E-state index in [4.69, 9.17) is 0 Å². The molecule has 2 heterocycles. The molecule has 1 aliphatic heterocycles. The minimum Gasteiger partial charge on any atom is -0.396 e. The Morgan fingerprint density at radius 1 is 1.29 bits per heavy atom. The van der Waals surface area contributed by atoms with Crippen LogP contribution in [0.4, 0.5) is 0 Å². The number of aliphatic hydroxyl groups is 1. The topological polar surface area (TPSA) is 45.5 Å². The third-order valence-corrected chi connectivity index (χ3v) is 4.51. The van der Waals surface area contributed by atoms with Gasteiger partial charge in [0.1, 0.15) is 5.69 Å². The smallest absolute Gasteiger partial charge is 0.270 e. The maximum Gasteiger partial charge on any atom is 0.270 e. The summed E-state index contributed by atoms with van der Waals surface area (Å²) in [6, 6.07) is 10.1. The lowest BCUT2D eigenvalue weighted by molar-refractivity contribution is 0.0641. The average Bonchev–Trinajstić information content (AvgIpc) is 2.92. The highest BCUT2D eigenvalue weighted by atomic mass is 16.3. The molecule has 0 radical (unpaired) electrons. The van der Waals surface area contributed by atoms with E-state index in [1.807, 2.05) is 23.1 Å². The van der Waals surface area contributed by atoms with Crippen LogP contribution in [-0.4, -0.2) is 40.2 Å². The maximum absolute atomic E-state index is 12.8. The Bertz CT molecular complexity index is 639. The molecular formula is C17H22N2O2. The summed E-state index contributed by atoms with van der Waals surface area (Å²) in [7, 11) is 0. The summed E-state index contributed by atoms with van der Waals surface area (Å²) in [5.74, 6) is 0.468. The number of piperidine rings is 1. The van der Waals surface area contributed by atoms with Crippen molar-refractivity contribution in [2.75, 3.05) is 19.7 Å². The standard InChI is InChI=1S/C17H22N2O2/c1-2-19-15-6-4-3-5-14(15)11-16(19)17(21)18-9-7-13(12-20)8-10-18/h3-6,11,13,20H,2,7-10,12H2,1H3. The Hall–Kier alpha value is -1.81. The van der Waals surface area contributed by atoms with E-state index < -0.39 is 0 Å². The van der Waals surface area contributed by atoms with Gasteiger partial charge in [0.15, 0.2) is 0 Å². The van der Waals surface area contributed by atoms with Gasteiger partial charge in [-0.1, -0.05) is 18.2 Å². The van der Waals surface area contributed by atoms with Gasteiger partial charge in [-0.3, -0.25) is 4.79 Å². The lowest BCUT2D eigenvalue weighted by atomic mass is 9.98. The summed E-state index contributed by atoms with van der Waals surface area (Å²) in [5, 5.41) is 10.3. The number of carbonyl (C=O) groups is 1. The summed E-state index contributed by atoms with van der Waals surface area (Å²) in [6.45, 7) is 4.59. The molecule has 2 aromatic rings. The van der Waals surface area contributed by atoms with Crippen LogP contribution >= 0.6 is 0 Å². The number of nitrogens with zero attached hydrogens (tertiary/aromatic N) is 2. The third-order valence-electron chi connectivity index (χ3n) is 4.51. The molecule has 1 aliphatic rings. The fraction of sp³-hybridized carbons (Fsp3) is 0.471. The van der Waals surface area contributed by atoms with Crippen LogP contribution in [0.1, 0.15) is 30.3 Å². The zero-order valence-corrected chi connectivity index (χ0v) is 12.5. The summed E-state index contributed by atoms with van der Waals surface area (Å²) in [4.78, 5) is 14.7. The van der Waals surface area contributed by atoms with Crippen LogP contribution in [0.3, 0.4) is 0 Å². The van der Waals surface area contributed by atoms with Gasteiger partial charge in [0.05, 0.1) is 0 Å². The van der Waals surface area contributed by atoms with Crippen molar-refractivity contribution in [3.05, 3.63) is 36.0 Å². The molecule has 0 unspecified atom stereocenters. The van der Waals surface area contributed by atoms with E-state index in [9.17, 15) is 9.90 Å². The van der Waals surface area contributed by atoms with Crippen LogP contribution < -0.4 is 0 Å². The Morgan fingerprint density at radius 2 is 2.00 bits per heavy atom. The van der Waals surface area contributed by atoms with Gasteiger partial charge in [-0.05, 0) is 37.8 Å². The first-order valence-electron chi connectivity index (χ1n) is 7.73. The minimum absolute atomic E-state index is 0.115. The van der Waals surface area contributed by atoms with E-state index in [0.29, 0.717) is 5.92 Å². The molecule has 1 aromatic heterocycles. The van der Waals surface area contributed by atoms with E-state index in [-0.39, 0.29) is 12.5 Å². The van der Waals surface area contributed by atoms with Gasteiger partial charge in [-0.25, -0.2) is 0 Å². The SMILES string of the molecule is CCn1c(C(=O)N2CCC(CO)CC2)cc2ccccc21. The van der Waals surface area contributed by atoms with Gasteiger partial charge >= 0.3 is 0 Å². The Labute approximate surface area is 125 Å². The van der Waals surface area contributed by atoms with Crippen LogP contribution in [-0.2, 0) is 6.54 Å². The normalized spacial score (nSPS) is 16.6. The van der Waals surface area contributed by atoms with Crippen LogP contribution in [0.15, 0.2) is 30.3 Å². The van der Waals surface area contributed by atoms with Crippen LogP contribution in [0.2, 0.25) is 0 Å². The number of hydrogen-bond donors (Lipinski definition) is 1. The summed E-state index contributed by atoms with van der Waals surface area (Å²) in [5.41, 5.74) is 1.90. The number of para-hydroxylation sites is 1. The molecule has 0 atom stereocenters. The number of aliphatic hydroxyl groups excluding tert-OH is 1. The second-order valence-electron chi connectivity index (χ2n) is 5.75. The van der Waals surface area contributed by atoms with Crippen LogP contribution in [0.5, 0.6) is 0 Å². The molecule has 112 valence electrons. The van der Waals surface area contributed by atoms with Gasteiger partial charge in [-0.2, -0.15) is 0 Å². The molecule has 0 saturated carbocycles. The minimum atomic E-state index is 0.115. The highest BCUT2D eigenvalue weighted by Gasteiger charge is 2.25. The van der Waals surface area contributed by atoms with Crippen molar-refractivity contribution in [3.8, 4) is 0 Å². The molecule has 1 fully saturated rings. The highest BCUT2D eigenvalue weighted by Crippen LogP contribution is 2.23. The number of fused-ring (bicyclic) bond motifs is 1. The summed E-state index contributed by atoms with van der Waals surface area (Å²) >= 11 is 0. The largest absolute Gasteiger partial charge is 0.396 e. The fourth-order valence-corrected chi connectivity index (χ4v) is 3.21. The second-order valence-corrected chi connectivity index (χ2v) is 5.75. The molecule has 1 N–H and O–H groups in total. The van der Waals surface area contributed by atoms with Crippen molar-refractivity contribution < 1.29 is 9.90 Å². The number of rotatable bonds is 3. The molecule has 1 amide bonds. The first kappa shape index (κ1) is 14.1. The number of aromatic nitrogens is 1. The predicted octanol–water partition coefficient (Wildman–Crippen LogP) is 2.51. The lowest BCUT2D eigenvalue weighted by Gasteiger charge is -2.31. The zero-order chi connectivity index (χ0) is 14.8. The highest BCUT2D eigenvalue weighted by molar-refractivity contribution is 5.98. The Morgan fingerprint density at radius 3 is 2.67 bits per heavy atom. The predicted molar refractivity (Wildman–Crippen MR) is 83.3 cm³/mol. The maximum atomic E-state index is 12.8. The molecule has 0 spiro atoms. The number of benzene rings is 1. The molecule has 0 bridgehead atoms. The van der Waals surface area contributed by atoms with Crippen molar-refractivity contribution in [1.82, 2.24) is 9.47 Å². The average molecular weight is 286 g/mol. The van der Waals surface area contributed by atoms with E-state index in [0.717, 1.165) is 49.1 Å². The van der Waals surface area contributed by atoms with Crippen molar-refractivity contribution >= 4 is 16.8 Å².